The van der Waals surface area contributed by atoms with Gasteiger partial charge in [0.25, 0.3) is 5.56 Å². The minimum atomic E-state index is -0.490. The second kappa shape index (κ2) is 5.86. The summed E-state index contributed by atoms with van der Waals surface area (Å²) in [5.41, 5.74) is 6.58. The average Bonchev–Trinajstić information content (AvgIpc) is 2.77. The number of aryl methyl sites for hydroxylation is 3. The summed E-state index contributed by atoms with van der Waals surface area (Å²) in [4.78, 5) is 27.1. The van der Waals surface area contributed by atoms with E-state index in [1.807, 2.05) is 20.8 Å². The van der Waals surface area contributed by atoms with Crippen LogP contribution in [-0.4, -0.2) is 30.5 Å². The van der Waals surface area contributed by atoms with Crippen LogP contribution in [0.2, 0.25) is 0 Å². The Kier molecular flexibility index (Phi) is 4.15. The molecule has 0 saturated heterocycles. The third-order valence-corrected chi connectivity index (χ3v) is 3.15. The van der Waals surface area contributed by atoms with Crippen LogP contribution in [0.3, 0.4) is 0 Å². The van der Waals surface area contributed by atoms with Crippen molar-refractivity contribution in [1.82, 2.24) is 24.5 Å². The second-order valence-corrected chi connectivity index (χ2v) is 4.81. The van der Waals surface area contributed by atoms with E-state index in [-0.39, 0.29) is 18.5 Å². The monoisotopic (exact) mass is 290 g/mol. The fraction of sp³-hybridized carbons (Fsp3) is 0.462. The Labute approximate surface area is 121 Å². The Balaban J connectivity index is 2.35. The predicted molar refractivity (Wildman–Crippen MR) is 75.7 cm³/mol. The van der Waals surface area contributed by atoms with E-state index in [2.05, 4.69) is 15.2 Å². The Morgan fingerprint density at radius 1 is 1.29 bits per heavy atom. The van der Waals surface area contributed by atoms with Gasteiger partial charge in [-0.25, -0.2) is 14.3 Å². The van der Waals surface area contributed by atoms with Gasteiger partial charge in [0.1, 0.15) is 12.4 Å². The molecule has 0 atom stereocenters. The molecule has 8 nitrogen and oxygen atoms in total. The lowest BCUT2D eigenvalue weighted by molar-refractivity contribution is -0.117. The molecule has 0 saturated carbocycles. The Bertz CT molecular complexity index is 731. The quantitative estimate of drug-likeness (QED) is 0.802. The average molecular weight is 290 g/mol. The molecule has 2 N–H and O–H groups in total. The normalized spacial score (nSPS) is 10.8. The molecule has 0 aliphatic heterocycles. The number of carbonyl (C=O) groups is 1. The first-order valence-corrected chi connectivity index (χ1v) is 6.67. The highest BCUT2D eigenvalue weighted by Crippen LogP contribution is 2.03. The molecule has 2 heterocycles. The van der Waals surface area contributed by atoms with Crippen molar-refractivity contribution in [2.24, 2.45) is 5.73 Å². The van der Waals surface area contributed by atoms with E-state index in [1.54, 1.807) is 10.7 Å². The van der Waals surface area contributed by atoms with Crippen molar-refractivity contribution in [2.75, 3.05) is 0 Å². The minimum Gasteiger partial charge on any atom is -0.369 e. The van der Waals surface area contributed by atoms with Crippen molar-refractivity contribution in [3.8, 4) is 0 Å². The Morgan fingerprint density at radius 2 is 2.00 bits per heavy atom. The number of primary amides is 1. The largest absolute Gasteiger partial charge is 0.369 e. The zero-order chi connectivity index (χ0) is 15.6. The van der Waals surface area contributed by atoms with E-state index in [1.165, 1.54) is 4.68 Å². The molecule has 0 unspecified atom stereocenters. The molecule has 0 fully saturated rings. The molecule has 2 aromatic rings. The first-order chi connectivity index (χ1) is 9.90. The van der Waals surface area contributed by atoms with Gasteiger partial charge in [0, 0.05) is 12.6 Å². The maximum atomic E-state index is 11.9. The topological polar surface area (TPSA) is 109 Å². The van der Waals surface area contributed by atoms with Crippen molar-refractivity contribution in [3.05, 3.63) is 39.3 Å². The SMILES string of the molecule is CCn1nc(CC(N)=O)nc1Cn1nc(C)c(C)cc1=O. The van der Waals surface area contributed by atoms with E-state index in [0.717, 1.165) is 11.3 Å². The van der Waals surface area contributed by atoms with Crippen molar-refractivity contribution in [2.45, 2.75) is 40.3 Å². The van der Waals surface area contributed by atoms with Gasteiger partial charge in [-0.2, -0.15) is 10.2 Å². The number of carbonyl (C=O) groups excluding carboxylic acids is 1. The lowest BCUT2D eigenvalue weighted by Crippen LogP contribution is -2.25. The van der Waals surface area contributed by atoms with Crippen LogP contribution in [0.1, 0.15) is 29.8 Å². The van der Waals surface area contributed by atoms with Crippen LogP contribution in [0.15, 0.2) is 10.9 Å². The molecule has 1 amide bonds. The maximum Gasteiger partial charge on any atom is 0.267 e. The van der Waals surface area contributed by atoms with Crippen LogP contribution in [0.5, 0.6) is 0 Å². The third kappa shape index (κ3) is 3.33. The lowest BCUT2D eigenvalue weighted by atomic mass is 10.2. The summed E-state index contributed by atoms with van der Waals surface area (Å²) < 4.78 is 2.98. The fourth-order valence-electron chi connectivity index (χ4n) is 1.95. The summed E-state index contributed by atoms with van der Waals surface area (Å²) in [5, 5.41) is 8.44. The third-order valence-electron chi connectivity index (χ3n) is 3.15. The van der Waals surface area contributed by atoms with Gasteiger partial charge in [-0.05, 0) is 26.3 Å². The first kappa shape index (κ1) is 14.9. The maximum absolute atomic E-state index is 11.9. The molecule has 0 radical (unpaired) electrons. The zero-order valence-corrected chi connectivity index (χ0v) is 12.3. The molecule has 112 valence electrons. The van der Waals surface area contributed by atoms with Crippen LogP contribution in [0, 0.1) is 13.8 Å². The van der Waals surface area contributed by atoms with Crippen LogP contribution in [0.4, 0.5) is 0 Å². The molecular formula is C13H18N6O2. The van der Waals surface area contributed by atoms with Gasteiger partial charge >= 0.3 is 0 Å². The summed E-state index contributed by atoms with van der Waals surface area (Å²) in [5.74, 6) is 0.444. The van der Waals surface area contributed by atoms with Gasteiger partial charge in [0.2, 0.25) is 5.91 Å². The van der Waals surface area contributed by atoms with Crippen molar-refractivity contribution in [1.29, 1.82) is 0 Å². The van der Waals surface area contributed by atoms with Crippen LogP contribution >= 0.6 is 0 Å². The number of amides is 1. The number of rotatable bonds is 5. The summed E-state index contributed by atoms with van der Waals surface area (Å²) in [6.45, 7) is 6.38. The molecule has 0 aliphatic carbocycles. The standard InChI is InChI=1S/C13H18N6O2/c1-4-18-12(15-11(17-18)6-10(14)20)7-19-13(21)5-8(2)9(3)16-19/h5H,4,6-7H2,1-3H3,(H2,14,20). The summed E-state index contributed by atoms with van der Waals surface area (Å²) in [7, 11) is 0. The van der Waals surface area contributed by atoms with Gasteiger partial charge in [-0.3, -0.25) is 9.59 Å². The minimum absolute atomic E-state index is 0.0186. The lowest BCUT2D eigenvalue weighted by Gasteiger charge is -2.07. The van der Waals surface area contributed by atoms with Crippen molar-refractivity contribution in [3.63, 3.8) is 0 Å². The first-order valence-electron chi connectivity index (χ1n) is 6.67. The van der Waals surface area contributed by atoms with Crippen molar-refractivity contribution >= 4 is 5.91 Å². The fourth-order valence-corrected chi connectivity index (χ4v) is 1.95. The van der Waals surface area contributed by atoms with Gasteiger partial charge in [-0.15, -0.1) is 0 Å². The van der Waals surface area contributed by atoms with E-state index >= 15 is 0 Å². The molecule has 2 aromatic heterocycles. The van der Waals surface area contributed by atoms with Crippen molar-refractivity contribution < 1.29 is 4.79 Å². The highest BCUT2D eigenvalue weighted by molar-refractivity contribution is 5.75. The number of nitrogens with two attached hydrogens (primary N) is 1. The van der Waals surface area contributed by atoms with E-state index in [9.17, 15) is 9.59 Å². The smallest absolute Gasteiger partial charge is 0.267 e. The molecule has 21 heavy (non-hydrogen) atoms. The molecule has 0 aromatic carbocycles. The van der Waals surface area contributed by atoms with E-state index in [0.29, 0.717) is 18.2 Å². The molecular weight excluding hydrogens is 272 g/mol. The van der Waals surface area contributed by atoms with Crippen LogP contribution in [-0.2, 0) is 24.3 Å². The molecule has 0 bridgehead atoms. The Morgan fingerprint density at radius 3 is 2.62 bits per heavy atom. The number of hydrogen-bond donors (Lipinski definition) is 1. The molecule has 0 aliphatic rings. The van der Waals surface area contributed by atoms with Crippen LogP contribution in [0.25, 0.3) is 0 Å². The van der Waals surface area contributed by atoms with Gasteiger partial charge in [0.15, 0.2) is 5.82 Å². The second-order valence-electron chi connectivity index (χ2n) is 4.81. The predicted octanol–water partition coefficient (Wildman–Crippen LogP) is -0.452. The molecule has 0 spiro atoms. The number of aromatic nitrogens is 5. The van der Waals surface area contributed by atoms with Crippen LogP contribution < -0.4 is 11.3 Å². The van der Waals surface area contributed by atoms with E-state index in [4.69, 9.17) is 5.73 Å². The summed E-state index contributed by atoms with van der Waals surface area (Å²) >= 11 is 0. The van der Waals surface area contributed by atoms with E-state index < -0.39 is 5.91 Å². The Hall–Kier alpha value is -2.51. The summed E-state index contributed by atoms with van der Waals surface area (Å²) in [6, 6.07) is 1.54. The highest BCUT2D eigenvalue weighted by Gasteiger charge is 2.13. The number of hydrogen-bond acceptors (Lipinski definition) is 5. The number of nitrogens with zero attached hydrogens (tertiary/aromatic N) is 5. The van der Waals surface area contributed by atoms with Gasteiger partial charge < -0.3 is 5.73 Å². The highest BCUT2D eigenvalue weighted by atomic mass is 16.1. The summed E-state index contributed by atoms with van der Waals surface area (Å²) in [6.07, 6.45) is -0.0186. The van der Waals surface area contributed by atoms with Gasteiger partial charge in [0.05, 0.1) is 12.1 Å². The molecule has 8 heteroatoms. The zero-order valence-electron chi connectivity index (χ0n) is 12.3. The van der Waals surface area contributed by atoms with Gasteiger partial charge in [-0.1, -0.05) is 0 Å². The molecule has 2 rings (SSSR count).